The molecule has 0 fully saturated rings. The summed E-state index contributed by atoms with van der Waals surface area (Å²) in [7, 11) is 0. The minimum Gasteiger partial charge on any atom is -0.366 e. The molecule has 6 heteroatoms. The van der Waals surface area contributed by atoms with Crippen LogP contribution in [0.15, 0.2) is 24.5 Å². The summed E-state index contributed by atoms with van der Waals surface area (Å²) in [6.07, 6.45) is 1.34. The molecule has 1 heterocycles. The molecule has 0 saturated carbocycles. The van der Waals surface area contributed by atoms with Gasteiger partial charge in [0.15, 0.2) is 11.6 Å². The first kappa shape index (κ1) is 12.7. The first-order valence-corrected chi connectivity index (χ1v) is 5.60. The van der Waals surface area contributed by atoms with Gasteiger partial charge in [-0.05, 0) is 24.6 Å². The molecule has 0 radical (unpaired) electrons. The maximum atomic E-state index is 13.0. The maximum absolute atomic E-state index is 13.0. The van der Waals surface area contributed by atoms with Crippen molar-refractivity contribution in [2.45, 2.75) is 13.5 Å². The Hall–Kier alpha value is -1.75. The molecule has 3 nitrogen and oxygen atoms in total. The molecule has 0 aliphatic carbocycles. The molecule has 0 bridgehead atoms. The third-order valence-electron chi connectivity index (χ3n) is 2.47. The van der Waals surface area contributed by atoms with Crippen molar-refractivity contribution in [1.82, 2.24) is 9.97 Å². The average molecular weight is 270 g/mol. The van der Waals surface area contributed by atoms with E-state index >= 15 is 0 Å². The number of nitrogens with one attached hydrogen (secondary N) is 1. The van der Waals surface area contributed by atoms with Crippen molar-refractivity contribution in [3.8, 4) is 0 Å². The molecule has 1 aromatic heterocycles. The van der Waals surface area contributed by atoms with Crippen molar-refractivity contribution < 1.29 is 8.78 Å². The number of aromatic nitrogens is 2. The van der Waals surface area contributed by atoms with Crippen LogP contribution in [0.2, 0.25) is 5.15 Å². The number of hydrogen-bond donors (Lipinski definition) is 1. The summed E-state index contributed by atoms with van der Waals surface area (Å²) >= 11 is 5.84. The molecule has 18 heavy (non-hydrogen) atoms. The second-order valence-electron chi connectivity index (χ2n) is 3.74. The Morgan fingerprint density at radius 1 is 1.22 bits per heavy atom. The summed E-state index contributed by atoms with van der Waals surface area (Å²) in [4.78, 5) is 7.84. The van der Waals surface area contributed by atoms with Crippen molar-refractivity contribution in [2.24, 2.45) is 0 Å². The van der Waals surface area contributed by atoms with Crippen LogP contribution in [-0.4, -0.2) is 9.97 Å². The predicted octanol–water partition coefficient (Wildman–Crippen LogP) is 3.33. The van der Waals surface area contributed by atoms with Gasteiger partial charge in [-0.1, -0.05) is 17.7 Å². The van der Waals surface area contributed by atoms with Gasteiger partial charge in [0.1, 0.15) is 17.3 Å². The van der Waals surface area contributed by atoms with Crippen LogP contribution in [0.1, 0.15) is 11.1 Å². The molecule has 1 N–H and O–H groups in total. The lowest BCUT2D eigenvalue weighted by Gasteiger charge is -2.09. The number of hydrogen-bond acceptors (Lipinski definition) is 3. The van der Waals surface area contributed by atoms with E-state index in [1.807, 2.05) is 0 Å². The first-order valence-electron chi connectivity index (χ1n) is 5.23. The van der Waals surface area contributed by atoms with Crippen LogP contribution in [-0.2, 0) is 6.54 Å². The average Bonchev–Trinajstić information content (AvgIpc) is 2.35. The number of rotatable bonds is 3. The molecule has 0 spiro atoms. The minimum atomic E-state index is -0.869. The second kappa shape index (κ2) is 5.27. The fourth-order valence-corrected chi connectivity index (χ4v) is 1.58. The van der Waals surface area contributed by atoms with Crippen molar-refractivity contribution in [3.05, 3.63) is 52.4 Å². The van der Waals surface area contributed by atoms with E-state index in [0.717, 1.165) is 12.1 Å². The highest BCUT2D eigenvalue weighted by Gasteiger charge is 2.06. The first-order chi connectivity index (χ1) is 8.58. The fourth-order valence-electron chi connectivity index (χ4n) is 1.44. The summed E-state index contributed by atoms with van der Waals surface area (Å²) in [6, 6.07) is 3.73. The highest BCUT2D eigenvalue weighted by atomic mass is 35.5. The van der Waals surface area contributed by atoms with E-state index in [1.54, 1.807) is 6.92 Å². The molecule has 2 rings (SSSR count). The smallest absolute Gasteiger partial charge is 0.159 e. The molecule has 0 aliphatic heterocycles. The van der Waals surface area contributed by atoms with Crippen molar-refractivity contribution >= 4 is 17.4 Å². The van der Waals surface area contributed by atoms with Crippen LogP contribution >= 0.6 is 11.6 Å². The van der Waals surface area contributed by atoms with Crippen molar-refractivity contribution in [2.75, 3.05) is 5.32 Å². The van der Waals surface area contributed by atoms with Crippen molar-refractivity contribution in [1.29, 1.82) is 0 Å². The Bertz CT molecular complexity index is 575. The molecular weight excluding hydrogens is 260 g/mol. The lowest BCUT2D eigenvalue weighted by Crippen LogP contribution is -2.04. The summed E-state index contributed by atoms with van der Waals surface area (Å²) in [5.41, 5.74) is 1.32. The lowest BCUT2D eigenvalue weighted by molar-refractivity contribution is 0.507. The number of anilines is 1. The molecule has 94 valence electrons. The topological polar surface area (TPSA) is 37.8 Å². The van der Waals surface area contributed by atoms with Gasteiger partial charge in [0.25, 0.3) is 0 Å². The van der Waals surface area contributed by atoms with Crippen molar-refractivity contribution in [3.63, 3.8) is 0 Å². The highest BCUT2D eigenvalue weighted by Crippen LogP contribution is 2.18. The van der Waals surface area contributed by atoms with Gasteiger partial charge in [-0.3, -0.25) is 0 Å². The van der Waals surface area contributed by atoms with Crippen LogP contribution in [0.3, 0.4) is 0 Å². The van der Waals surface area contributed by atoms with Gasteiger partial charge in [-0.15, -0.1) is 0 Å². The lowest BCUT2D eigenvalue weighted by atomic mass is 10.2. The highest BCUT2D eigenvalue weighted by molar-refractivity contribution is 6.30. The van der Waals surface area contributed by atoms with Gasteiger partial charge in [0.05, 0.1) is 0 Å². The third kappa shape index (κ3) is 2.73. The standard InChI is InChI=1S/C12H10ClF2N3/c1-7-11(13)17-6-18-12(7)16-5-8-2-3-9(14)10(15)4-8/h2-4,6H,5H2,1H3,(H,16,17,18). The normalized spacial score (nSPS) is 10.4. The SMILES string of the molecule is Cc1c(Cl)ncnc1NCc1ccc(F)c(F)c1. The van der Waals surface area contributed by atoms with E-state index in [4.69, 9.17) is 11.6 Å². The number of halogens is 3. The predicted molar refractivity (Wildman–Crippen MR) is 65.5 cm³/mol. The zero-order chi connectivity index (χ0) is 13.1. The van der Waals surface area contributed by atoms with E-state index in [-0.39, 0.29) is 0 Å². The van der Waals surface area contributed by atoms with E-state index in [9.17, 15) is 8.78 Å². The fraction of sp³-hybridized carbons (Fsp3) is 0.167. The quantitative estimate of drug-likeness (QED) is 0.869. The molecule has 0 unspecified atom stereocenters. The number of benzene rings is 1. The second-order valence-corrected chi connectivity index (χ2v) is 4.10. The van der Waals surface area contributed by atoms with Crippen LogP contribution < -0.4 is 5.32 Å². The molecule has 0 aliphatic rings. The van der Waals surface area contributed by atoms with E-state index in [1.165, 1.54) is 12.4 Å². The zero-order valence-corrected chi connectivity index (χ0v) is 10.3. The summed E-state index contributed by atoms with van der Waals surface area (Å²) < 4.78 is 25.7. The van der Waals surface area contributed by atoms with Gasteiger partial charge >= 0.3 is 0 Å². The van der Waals surface area contributed by atoms with Crippen LogP contribution in [0.4, 0.5) is 14.6 Å². The maximum Gasteiger partial charge on any atom is 0.159 e. The van der Waals surface area contributed by atoms with Gasteiger partial charge in [-0.25, -0.2) is 18.7 Å². The van der Waals surface area contributed by atoms with Crippen LogP contribution in [0, 0.1) is 18.6 Å². The molecule has 0 atom stereocenters. The summed E-state index contributed by atoms with van der Waals surface area (Å²) in [6.45, 7) is 2.10. The molecular formula is C12H10ClF2N3. The minimum absolute atomic E-state index is 0.325. The summed E-state index contributed by atoms with van der Waals surface area (Å²) in [5, 5.41) is 3.35. The largest absolute Gasteiger partial charge is 0.366 e. The monoisotopic (exact) mass is 269 g/mol. The van der Waals surface area contributed by atoms with Gasteiger partial charge in [0, 0.05) is 12.1 Å². The summed E-state index contributed by atoms with van der Waals surface area (Å²) in [5.74, 6) is -1.16. The number of nitrogens with zero attached hydrogens (tertiary/aromatic N) is 2. The molecule has 0 saturated heterocycles. The van der Waals surface area contributed by atoms with Gasteiger partial charge < -0.3 is 5.32 Å². The zero-order valence-electron chi connectivity index (χ0n) is 9.54. The van der Waals surface area contributed by atoms with Gasteiger partial charge in [0.2, 0.25) is 0 Å². The van der Waals surface area contributed by atoms with E-state index in [2.05, 4.69) is 15.3 Å². The molecule has 0 amide bonds. The third-order valence-corrected chi connectivity index (χ3v) is 2.85. The Morgan fingerprint density at radius 3 is 2.72 bits per heavy atom. The van der Waals surface area contributed by atoms with Crippen LogP contribution in [0.25, 0.3) is 0 Å². The van der Waals surface area contributed by atoms with Gasteiger partial charge in [-0.2, -0.15) is 0 Å². The van der Waals surface area contributed by atoms with E-state index in [0.29, 0.717) is 28.6 Å². The Labute approximate surface area is 108 Å². The Morgan fingerprint density at radius 2 is 2.00 bits per heavy atom. The molecule has 2 aromatic rings. The molecule has 1 aromatic carbocycles. The Balaban J connectivity index is 2.11. The van der Waals surface area contributed by atoms with E-state index < -0.39 is 11.6 Å². The Kier molecular flexibility index (Phi) is 3.72. The van der Waals surface area contributed by atoms with Crippen LogP contribution in [0.5, 0.6) is 0 Å².